The van der Waals surface area contributed by atoms with Crippen molar-refractivity contribution in [3.8, 4) is 0 Å². The highest BCUT2D eigenvalue weighted by molar-refractivity contribution is 5.93. The Morgan fingerprint density at radius 2 is 2.32 bits per heavy atom. The first-order chi connectivity index (χ1) is 9.22. The second kappa shape index (κ2) is 5.25. The molecule has 1 aliphatic carbocycles. The zero-order valence-corrected chi connectivity index (χ0v) is 10.8. The number of carbonyl (C=O) groups is 1. The van der Waals surface area contributed by atoms with Crippen molar-refractivity contribution in [1.82, 2.24) is 15.2 Å². The fourth-order valence-electron chi connectivity index (χ4n) is 2.68. The van der Waals surface area contributed by atoms with Gasteiger partial charge >= 0.3 is 0 Å². The molecule has 2 heterocycles. The molecule has 4 nitrogen and oxygen atoms in total. The van der Waals surface area contributed by atoms with E-state index in [2.05, 4.69) is 15.2 Å². The predicted octanol–water partition coefficient (Wildman–Crippen LogP) is 1.43. The van der Waals surface area contributed by atoms with E-state index in [4.69, 9.17) is 0 Å². The Balaban J connectivity index is 1.48. The van der Waals surface area contributed by atoms with E-state index in [1.807, 2.05) is 0 Å². The monoisotopic (exact) mass is 263 g/mol. The number of rotatable bonds is 4. The topological polar surface area (TPSA) is 45.2 Å². The van der Waals surface area contributed by atoms with Crippen molar-refractivity contribution < 1.29 is 9.18 Å². The third-order valence-corrected chi connectivity index (χ3v) is 3.92. The first-order valence-corrected chi connectivity index (χ1v) is 6.86. The molecule has 5 heteroatoms. The highest BCUT2D eigenvalue weighted by atomic mass is 19.1. The fraction of sp³-hybridized carbons (Fsp3) is 0.571. The van der Waals surface area contributed by atoms with Crippen LogP contribution in [0, 0.1) is 11.9 Å². The summed E-state index contributed by atoms with van der Waals surface area (Å²) >= 11 is 0. The molecule has 1 atom stereocenters. The average molecular weight is 263 g/mol. The van der Waals surface area contributed by atoms with Crippen LogP contribution in [0.2, 0.25) is 0 Å². The Hall–Kier alpha value is -1.49. The molecule has 0 spiro atoms. The van der Waals surface area contributed by atoms with Gasteiger partial charge in [-0.25, -0.2) is 4.98 Å². The van der Waals surface area contributed by atoms with Crippen LogP contribution in [0.25, 0.3) is 0 Å². The lowest BCUT2D eigenvalue weighted by molar-refractivity contribution is 0.0946. The van der Waals surface area contributed by atoms with E-state index in [0.717, 1.165) is 25.6 Å². The van der Waals surface area contributed by atoms with Gasteiger partial charge in [-0.3, -0.25) is 4.79 Å². The molecular formula is C14H18FN3O. The zero-order valence-electron chi connectivity index (χ0n) is 10.8. The Labute approximate surface area is 112 Å². The lowest BCUT2D eigenvalue weighted by Gasteiger charge is -2.15. The van der Waals surface area contributed by atoms with Crippen molar-refractivity contribution in [2.24, 2.45) is 5.92 Å². The van der Waals surface area contributed by atoms with Gasteiger partial charge in [0.05, 0.1) is 0 Å². The smallest absolute Gasteiger partial charge is 0.251 e. The minimum absolute atomic E-state index is 0.217. The predicted molar refractivity (Wildman–Crippen MR) is 69.2 cm³/mol. The van der Waals surface area contributed by atoms with Crippen molar-refractivity contribution in [3.05, 3.63) is 29.8 Å². The van der Waals surface area contributed by atoms with Crippen molar-refractivity contribution in [3.63, 3.8) is 0 Å². The Kier molecular flexibility index (Phi) is 3.46. The maximum Gasteiger partial charge on any atom is 0.251 e. The van der Waals surface area contributed by atoms with Crippen molar-refractivity contribution in [2.45, 2.75) is 25.3 Å². The van der Waals surface area contributed by atoms with Gasteiger partial charge < -0.3 is 10.2 Å². The molecule has 3 rings (SSSR count). The number of hydrogen-bond acceptors (Lipinski definition) is 3. The van der Waals surface area contributed by atoms with Crippen molar-refractivity contribution in [1.29, 1.82) is 0 Å². The minimum atomic E-state index is -0.617. The molecule has 102 valence electrons. The summed E-state index contributed by atoms with van der Waals surface area (Å²) in [4.78, 5) is 17.8. The number of aromatic nitrogens is 1. The summed E-state index contributed by atoms with van der Waals surface area (Å²) in [5.74, 6) is -0.309. The van der Waals surface area contributed by atoms with Crippen LogP contribution in [0.3, 0.4) is 0 Å². The molecule has 1 amide bonds. The van der Waals surface area contributed by atoms with Crippen molar-refractivity contribution in [2.75, 3.05) is 19.6 Å². The normalized spacial score (nSPS) is 23.5. The standard InChI is InChI=1S/C14H18FN3O/c15-13-7-11(3-5-16-13)14(19)17-8-10-4-6-18(9-10)12-1-2-12/h3,5,7,10,12H,1-2,4,6,8-9H2,(H,17,19). The number of likely N-dealkylation sites (tertiary alicyclic amines) is 1. The van der Waals surface area contributed by atoms with Gasteiger partial charge in [0.2, 0.25) is 5.95 Å². The maximum absolute atomic E-state index is 12.9. The summed E-state index contributed by atoms with van der Waals surface area (Å²) in [6.07, 6.45) is 5.11. The largest absolute Gasteiger partial charge is 0.352 e. The second-order valence-corrected chi connectivity index (χ2v) is 5.46. The molecule has 0 radical (unpaired) electrons. The summed E-state index contributed by atoms with van der Waals surface area (Å²) in [5, 5.41) is 2.89. The summed E-state index contributed by atoms with van der Waals surface area (Å²) in [7, 11) is 0. The van der Waals surface area contributed by atoms with E-state index < -0.39 is 5.95 Å². The number of nitrogens with zero attached hydrogens (tertiary/aromatic N) is 2. The van der Waals surface area contributed by atoms with Crippen molar-refractivity contribution >= 4 is 5.91 Å². The minimum Gasteiger partial charge on any atom is -0.352 e. The third-order valence-electron chi connectivity index (χ3n) is 3.92. The number of hydrogen-bond donors (Lipinski definition) is 1. The van der Waals surface area contributed by atoms with Crippen LogP contribution in [0.5, 0.6) is 0 Å². The summed E-state index contributed by atoms with van der Waals surface area (Å²) in [6.45, 7) is 2.90. The molecule has 1 saturated carbocycles. The molecule has 1 N–H and O–H groups in total. The van der Waals surface area contributed by atoms with Gasteiger partial charge in [0.25, 0.3) is 5.91 Å². The molecule has 1 aromatic heterocycles. The number of halogens is 1. The number of nitrogens with one attached hydrogen (secondary N) is 1. The van der Waals surface area contributed by atoms with E-state index in [1.54, 1.807) is 0 Å². The van der Waals surface area contributed by atoms with Gasteiger partial charge in [0.1, 0.15) is 0 Å². The molecule has 2 aliphatic rings. The molecule has 19 heavy (non-hydrogen) atoms. The molecular weight excluding hydrogens is 245 g/mol. The molecule has 1 unspecified atom stereocenters. The quantitative estimate of drug-likeness (QED) is 0.836. The van der Waals surface area contributed by atoms with Crippen LogP contribution in [-0.2, 0) is 0 Å². The van der Waals surface area contributed by atoms with Crippen LogP contribution in [0.15, 0.2) is 18.3 Å². The third kappa shape index (κ3) is 3.10. The lowest BCUT2D eigenvalue weighted by Crippen LogP contribution is -2.31. The first kappa shape index (κ1) is 12.5. The molecule has 0 bridgehead atoms. The number of pyridine rings is 1. The molecule has 1 aromatic rings. The number of amides is 1. The van der Waals surface area contributed by atoms with E-state index in [0.29, 0.717) is 18.0 Å². The fourth-order valence-corrected chi connectivity index (χ4v) is 2.68. The van der Waals surface area contributed by atoms with E-state index in [9.17, 15) is 9.18 Å². The summed E-state index contributed by atoms with van der Waals surface area (Å²) in [6, 6.07) is 3.50. The van der Waals surface area contributed by atoms with Crippen LogP contribution in [-0.4, -0.2) is 41.5 Å². The molecule has 0 aromatic carbocycles. The highest BCUT2D eigenvalue weighted by Gasteiger charge is 2.34. The Morgan fingerprint density at radius 3 is 3.05 bits per heavy atom. The van der Waals surface area contributed by atoms with Gasteiger partial charge in [-0.2, -0.15) is 4.39 Å². The molecule has 1 saturated heterocycles. The van der Waals surface area contributed by atoms with E-state index in [1.165, 1.54) is 31.2 Å². The van der Waals surface area contributed by atoms with Gasteiger partial charge in [0.15, 0.2) is 0 Å². The van der Waals surface area contributed by atoms with E-state index in [-0.39, 0.29) is 5.91 Å². The average Bonchev–Trinajstić information content (AvgIpc) is 3.15. The van der Waals surface area contributed by atoms with E-state index >= 15 is 0 Å². The first-order valence-electron chi connectivity index (χ1n) is 6.86. The van der Waals surface area contributed by atoms with Crippen LogP contribution in [0.1, 0.15) is 29.6 Å². The SMILES string of the molecule is O=C(NCC1CCN(C2CC2)C1)c1ccnc(F)c1. The second-order valence-electron chi connectivity index (χ2n) is 5.46. The van der Waals surface area contributed by atoms with Crippen LogP contribution in [0.4, 0.5) is 4.39 Å². The van der Waals surface area contributed by atoms with Gasteiger partial charge in [-0.15, -0.1) is 0 Å². The Bertz CT molecular complexity index is 476. The molecule has 2 fully saturated rings. The summed E-state index contributed by atoms with van der Waals surface area (Å²) < 4.78 is 12.9. The zero-order chi connectivity index (χ0) is 13.2. The maximum atomic E-state index is 12.9. The van der Waals surface area contributed by atoms with Gasteiger partial charge in [0, 0.05) is 37.0 Å². The Morgan fingerprint density at radius 1 is 1.47 bits per heavy atom. The molecule has 1 aliphatic heterocycles. The van der Waals surface area contributed by atoms with Gasteiger partial charge in [-0.1, -0.05) is 0 Å². The lowest BCUT2D eigenvalue weighted by atomic mass is 10.1. The number of carbonyl (C=O) groups excluding carboxylic acids is 1. The van der Waals surface area contributed by atoms with Gasteiger partial charge in [-0.05, 0) is 37.8 Å². The van der Waals surface area contributed by atoms with Crippen LogP contribution >= 0.6 is 0 Å². The summed E-state index contributed by atoms with van der Waals surface area (Å²) in [5.41, 5.74) is 0.338. The highest BCUT2D eigenvalue weighted by Crippen LogP contribution is 2.31. The van der Waals surface area contributed by atoms with Crippen LogP contribution < -0.4 is 5.32 Å².